The quantitative estimate of drug-likeness (QED) is 0.712. The Balaban J connectivity index is 1.71. The number of esters is 1. The third-order valence-electron chi connectivity index (χ3n) is 3.78. The molecule has 0 aromatic heterocycles. The van der Waals surface area contributed by atoms with Crippen molar-refractivity contribution in [1.82, 2.24) is 0 Å². The van der Waals surface area contributed by atoms with E-state index in [0.29, 0.717) is 5.69 Å². The van der Waals surface area contributed by atoms with Crippen LogP contribution in [0.5, 0.6) is 5.75 Å². The van der Waals surface area contributed by atoms with Crippen molar-refractivity contribution in [3.8, 4) is 5.75 Å². The van der Waals surface area contributed by atoms with Gasteiger partial charge >= 0.3 is 5.97 Å². The number of phenols is 1. The monoisotopic (exact) mass is 335 g/mol. The van der Waals surface area contributed by atoms with E-state index in [-0.39, 0.29) is 11.3 Å². The zero-order valence-corrected chi connectivity index (χ0v) is 13.6. The second-order valence-corrected chi connectivity index (χ2v) is 5.61. The average molecular weight is 335 g/mol. The van der Waals surface area contributed by atoms with E-state index in [1.54, 1.807) is 6.07 Å². The van der Waals surface area contributed by atoms with E-state index in [1.165, 1.54) is 31.2 Å². The predicted octanol–water partition coefficient (Wildman–Crippen LogP) is 3.73. The lowest BCUT2D eigenvalue weighted by Gasteiger charge is -2.15. The van der Waals surface area contributed by atoms with Gasteiger partial charge in [-0.25, -0.2) is 4.79 Å². The van der Waals surface area contributed by atoms with Crippen molar-refractivity contribution in [1.29, 1.82) is 0 Å². The van der Waals surface area contributed by atoms with Crippen LogP contribution in [-0.2, 0) is 9.53 Å². The van der Waals surface area contributed by atoms with Crippen molar-refractivity contribution in [2.24, 2.45) is 0 Å². The van der Waals surface area contributed by atoms with E-state index < -0.39 is 18.0 Å². The molecule has 0 unspecified atom stereocenters. The number of phenolic OH excluding ortho intramolecular Hbond substituents is 1. The van der Waals surface area contributed by atoms with Crippen LogP contribution in [0.1, 0.15) is 17.3 Å². The van der Waals surface area contributed by atoms with E-state index >= 15 is 0 Å². The van der Waals surface area contributed by atoms with Crippen molar-refractivity contribution in [3.63, 3.8) is 0 Å². The number of ether oxygens (including phenoxy) is 1. The summed E-state index contributed by atoms with van der Waals surface area (Å²) in [7, 11) is 0. The van der Waals surface area contributed by atoms with Crippen LogP contribution in [0.3, 0.4) is 0 Å². The van der Waals surface area contributed by atoms with Gasteiger partial charge in [-0.1, -0.05) is 42.5 Å². The van der Waals surface area contributed by atoms with E-state index in [4.69, 9.17) is 4.74 Å². The number of hydrogen-bond donors (Lipinski definition) is 2. The maximum atomic E-state index is 12.4. The third-order valence-corrected chi connectivity index (χ3v) is 3.78. The molecule has 3 aromatic carbocycles. The van der Waals surface area contributed by atoms with Gasteiger partial charge < -0.3 is 15.2 Å². The Morgan fingerprint density at radius 3 is 2.52 bits per heavy atom. The minimum Gasteiger partial charge on any atom is -0.508 e. The first kappa shape index (κ1) is 16.5. The molecule has 3 rings (SSSR count). The molecular weight excluding hydrogens is 318 g/mol. The second-order valence-electron chi connectivity index (χ2n) is 5.61. The number of fused-ring (bicyclic) bond motifs is 1. The highest BCUT2D eigenvalue weighted by atomic mass is 16.5. The van der Waals surface area contributed by atoms with Gasteiger partial charge in [-0.2, -0.15) is 0 Å². The first-order valence-corrected chi connectivity index (χ1v) is 7.83. The van der Waals surface area contributed by atoms with Crippen LogP contribution >= 0.6 is 0 Å². The highest BCUT2D eigenvalue weighted by Crippen LogP contribution is 2.23. The summed E-state index contributed by atoms with van der Waals surface area (Å²) in [6.07, 6.45) is -0.978. The standard InChI is InChI=1S/C20H17NO4/c1-13(25-20(24)15-8-4-9-16(22)12-15)19(23)21-18-11-5-7-14-6-2-3-10-17(14)18/h2-13,22H,1H3,(H,21,23)/t13-/m0/s1. The van der Waals surface area contributed by atoms with Gasteiger partial charge in [0.25, 0.3) is 5.91 Å². The molecule has 0 saturated carbocycles. The summed E-state index contributed by atoms with van der Waals surface area (Å²) in [6.45, 7) is 1.50. The second kappa shape index (κ2) is 7.05. The maximum Gasteiger partial charge on any atom is 0.339 e. The average Bonchev–Trinajstić information content (AvgIpc) is 2.62. The molecule has 0 heterocycles. The van der Waals surface area contributed by atoms with Gasteiger partial charge in [0.1, 0.15) is 5.75 Å². The van der Waals surface area contributed by atoms with E-state index in [0.717, 1.165) is 10.8 Å². The molecule has 0 aliphatic rings. The fourth-order valence-electron chi connectivity index (χ4n) is 2.48. The van der Waals surface area contributed by atoms with Crippen molar-refractivity contribution >= 4 is 28.3 Å². The number of carbonyl (C=O) groups excluding carboxylic acids is 2. The summed E-state index contributed by atoms with van der Waals surface area (Å²) >= 11 is 0. The molecule has 2 N–H and O–H groups in total. The largest absolute Gasteiger partial charge is 0.508 e. The third kappa shape index (κ3) is 3.77. The molecule has 0 fully saturated rings. The molecule has 3 aromatic rings. The Hall–Kier alpha value is -3.34. The zero-order chi connectivity index (χ0) is 17.8. The van der Waals surface area contributed by atoms with Gasteiger partial charge in [0.15, 0.2) is 6.10 Å². The van der Waals surface area contributed by atoms with Gasteiger partial charge in [0.05, 0.1) is 5.56 Å². The molecule has 0 spiro atoms. The highest BCUT2D eigenvalue weighted by Gasteiger charge is 2.19. The molecule has 0 bridgehead atoms. The highest BCUT2D eigenvalue weighted by molar-refractivity contribution is 6.04. The van der Waals surface area contributed by atoms with E-state index in [9.17, 15) is 14.7 Å². The van der Waals surface area contributed by atoms with Gasteiger partial charge in [-0.15, -0.1) is 0 Å². The first-order valence-electron chi connectivity index (χ1n) is 7.83. The molecule has 126 valence electrons. The summed E-state index contributed by atoms with van der Waals surface area (Å²) in [5.74, 6) is -1.14. The normalized spacial score (nSPS) is 11.7. The fourth-order valence-corrected chi connectivity index (χ4v) is 2.48. The molecule has 0 saturated heterocycles. The van der Waals surface area contributed by atoms with Crippen molar-refractivity contribution in [2.45, 2.75) is 13.0 Å². The molecule has 0 radical (unpaired) electrons. The molecule has 1 amide bonds. The molecule has 0 aliphatic heterocycles. The van der Waals surface area contributed by atoms with Crippen molar-refractivity contribution in [2.75, 3.05) is 5.32 Å². The van der Waals surface area contributed by atoms with Crippen molar-refractivity contribution in [3.05, 3.63) is 72.3 Å². The number of amides is 1. The van der Waals surface area contributed by atoms with E-state index in [2.05, 4.69) is 5.32 Å². The number of aromatic hydroxyl groups is 1. The lowest BCUT2D eigenvalue weighted by molar-refractivity contribution is -0.123. The smallest absolute Gasteiger partial charge is 0.339 e. The van der Waals surface area contributed by atoms with Crippen LogP contribution in [0.4, 0.5) is 5.69 Å². The summed E-state index contributed by atoms with van der Waals surface area (Å²) in [6, 6.07) is 19.1. The zero-order valence-electron chi connectivity index (χ0n) is 13.6. The van der Waals surface area contributed by atoms with Gasteiger partial charge in [0, 0.05) is 11.1 Å². The Labute approximate surface area is 144 Å². The molecule has 5 nitrogen and oxygen atoms in total. The van der Waals surface area contributed by atoms with Crippen LogP contribution in [-0.4, -0.2) is 23.1 Å². The maximum absolute atomic E-state index is 12.4. The minimum atomic E-state index is -0.978. The summed E-state index contributed by atoms with van der Waals surface area (Å²) in [5, 5.41) is 14.1. The van der Waals surface area contributed by atoms with Gasteiger partial charge in [-0.3, -0.25) is 4.79 Å². The van der Waals surface area contributed by atoms with Crippen LogP contribution in [0, 0.1) is 0 Å². The van der Waals surface area contributed by atoms with Crippen molar-refractivity contribution < 1.29 is 19.4 Å². The molecule has 5 heteroatoms. The number of nitrogens with one attached hydrogen (secondary N) is 1. The number of benzene rings is 3. The Morgan fingerprint density at radius 2 is 1.72 bits per heavy atom. The Bertz CT molecular complexity index is 930. The summed E-state index contributed by atoms with van der Waals surface area (Å²) < 4.78 is 5.18. The van der Waals surface area contributed by atoms with Crippen LogP contribution in [0.2, 0.25) is 0 Å². The lowest BCUT2D eigenvalue weighted by atomic mass is 10.1. The van der Waals surface area contributed by atoms with E-state index in [1.807, 2.05) is 36.4 Å². The van der Waals surface area contributed by atoms with Crippen LogP contribution in [0.25, 0.3) is 10.8 Å². The Morgan fingerprint density at radius 1 is 1.00 bits per heavy atom. The van der Waals surface area contributed by atoms with Crippen LogP contribution < -0.4 is 5.32 Å². The van der Waals surface area contributed by atoms with Gasteiger partial charge in [0.2, 0.25) is 0 Å². The molecule has 0 aliphatic carbocycles. The van der Waals surface area contributed by atoms with Crippen LogP contribution in [0.15, 0.2) is 66.7 Å². The van der Waals surface area contributed by atoms with Gasteiger partial charge in [-0.05, 0) is 36.6 Å². The topological polar surface area (TPSA) is 75.6 Å². The Kier molecular flexibility index (Phi) is 4.66. The fraction of sp³-hybridized carbons (Fsp3) is 0.100. The number of carbonyl (C=O) groups is 2. The molecule has 25 heavy (non-hydrogen) atoms. The summed E-state index contributed by atoms with van der Waals surface area (Å²) in [5.41, 5.74) is 0.841. The first-order chi connectivity index (χ1) is 12.0. The molecular formula is C20H17NO4. The molecule has 1 atom stereocenters. The lowest BCUT2D eigenvalue weighted by Crippen LogP contribution is -2.30. The SMILES string of the molecule is C[C@H](OC(=O)c1cccc(O)c1)C(=O)Nc1cccc2ccccc12. The summed E-state index contributed by atoms with van der Waals surface area (Å²) in [4.78, 5) is 24.4. The number of hydrogen-bond acceptors (Lipinski definition) is 4. The number of rotatable bonds is 4. The minimum absolute atomic E-state index is 0.0395. The predicted molar refractivity (Wildman–Crippen MR) is 95.6 cm³/mol. The number of anilines is 1.